The van der Waals surface area contributed by atoms with E-state index >= 15 is 0 Å². The molecule has 1 aromatic carbocycles. The third kappa shape index (κ3) is 6.83. The van der Waals surface area contributed by atoms with Crippen LogP contribution < -0.4 is 17.2 Å². The molecule has 10 heteroatoms. The molecule has 1 aromatic rings. The van der Waals surface area contributed by atoms with Gasteiger partial charge in [-0.3, -0.25) is 14.4 Å². The molecule has 11 atom stereocenters. The normalized spacial score (nSPS) is 37.9. The van der Waals surface area contributed by atoms with E-state index in [1.54, 1.807) is 0 Å². The van der Waals surface area contributed by atoms with E-state index in [-0.39, 0.29) is 109 Å². The minimum Gasteiger partial charge on any atom is -0.462 e. The first-order valence-corrected chi connectivity index (χ1v) is 20.3. The van der Waals surface area contributed by atoms with Gasteiger partial charge in [0.15, 0.2) is 0 Å². The highest BCUT2D eigenvalue weighted by Crippen LogP contribution is 2.91. The predicted octanol–water partition coefficient (Wildman–Crippen LogP) is 5.34. The van der Waals surface area contributed by atoms with Gasteiger partial charge in [0, 0.05) is 37.0 Å². The zero-order chi connectivity index (χ0) is 37.3. The van der Waals surface area contributed by atoms with E-state index in [1.807, 2.05) is 0 Å². The number of benzene rings is 1. The Labute approximate surface area is 311 Å². The number of ether oxygens (including phenoxy) is 3. The molecule has 290 valence electrons. The molecule has 10 nitrogen and oxygen atoms in total. The van der Waals surface area contributed by atoms with Crippen molar-refractivity contribution in [3.63, 3.8) is 0 Å². The molecule has 0 bridgehead atoms. The number of rotatable bonds is 16. The zero-order valence-electron chi connectivity index (χ0n) is 32.3. The van der Waals surface area contributed by atoms with Crippen LogP contribution in [0.4, 0.5) is 0 Å². The third-order valence-electron chi connectivity index (χ3n) is 15.2. The van der Waals surface area contributed by atoms with Gasteiger partial charge in [0.1, 0.15) is 18.3 Å². The number of carbonyl (C=O) groups is 3. The molecule has 5 aliphatic rings. The highest BCUT2D eigenvalue weighted by Gasteiger charge is 2.89. The van der Waals surface area contributed by atoms with Gasteiger partial charge in [-0.05, 0) is 118 Å². The maximum Gasteiger partial charge on any atom is 0.307 e. The lowest BCUT2D eigenvalue weighted by atomic mass is 9.43. The first-order chi connectivity index (χ1) is 24.9. The molecule has 5 unspecified atom stereocenters. The fourth-order valence-electron chi connectivity index (χ4n) is 12.8. The van der Waals surface area contributed by atoms with Crippen molar-refractivity contribution in [2.24, 2.45) is 62.5 Å². The molecule has 0 aromatic heterocycles. The van der Waals surface area contributed by atoms with E-state index in [0.29, 0.717) is 11.8 Å². The van der Waals surface area contributed by atoms with Gasteiger partial charge in [0.2, 0.25) is 0 Å². The minimum atomic E-state index is -0.250. The van der Waals surface area contributed by atoms with E-state index in [2.05, 4.69) is 63.1 Å². The number of carbonyl (C=O) groups excluding carboxylic acids is 3. The number of nitrogens with two attached hydrogens (primary N) is 3. The van der Waals surface area contributed by atoms with Crippen LogP contribution in [-0.2, 0) is 35.1 Å². The fraction of sp³-hybridized carbons (Fsp3) is 0.786. The van der Waals surface area contributed by atoms with Crippen molar-refractivity contribution in [3.8, 4) is 0 Å². The van der Waals surface area contributed by atoms with Crippen LogP contribution in [-0.4, -0.2) is 74.3 Å². The summed E-state index contributed by atoms with van der Waals surface area (Å²) in [5, 5.41) is 0. The number of hydrogen-bond donors (Lipinski definition) is 3. The Bertz CT molecular complexity index is 1430. The van der Waals surface area contributed by atoms with Crippen molar-refractivity contribution in [1.29, 1.82) is 0 Å². The summed E-state index contributed by atoms with van der Waals surface area (Å²) < 4.78 is 19.1. The van der Waals surface area contributed by atoms with Crippen molar-refractivity contribution < 1.29 is 28.6 Å². The van der Waals surface area contributed by atoms with E-state index in [4.69, 9.17) is 31.4 Å². The van der Waals surface area contributed by atoms with Gasteiger partial charge < -0.3 is 36.3 Å². The van der Waals surface area contributed by atoms with E-state index in [0.717, 1.165) is 77.3 Å². The Hall–Kier alpha value is -2.53. The Morgan fingerprint density at radius 2 is 1.48 bits per heavy atom. The molecule has 6 rings (SSSR count). The second kappa shape index (κ2) is 15.7. The molecule has 5 saturated carbocycles. The van der Waals surface area contributed by atoms with Crippen LogP contribution >= 0.6 is 0 Å². The molecular weight excluding hydrogens is 656 g/mol. The lowest BCUT2D eigenvalue weighted by molar-refractivity contribution is -0.226. The molecule has 52 heavy (non-hydrogen) atoms. The van der Waals surface area contributed by atoms with E-state index in [1.165, 1.54) is 5.56 Å². The molecule has 5 aliphatic carbocycles. The first-order valence-electron chi connectivity index (χ1n) is 20.3. The Kier molecular flexibility index (Phi) is 11.8. The van der Waals surface area contributed by atoms with Crippen LogP contribution in [0.25, 0.3) is 0 Å². The van der Waals surface area contributed by atoms with Crippen molar-refractivity contribution >= 4 is 17.9 Å². The van der Waals surface area contributed by atoms with Gasteiger partial charge in [0.25, 0.3) is 0 Å². The van der Waals surface area contributed by atoms with Crippen molar-refractivity contribution in [3.05, 3.63) is 35.9 Å². The summed E-state index contributed by atoms with van der Waals surface area (Å²) >= 11 is 0. The Morgan fingerprint density at radius 3 is 2.13 bits per heavy atom. The number of nitrogens with zero attached hydrogens (tertiary/aromatic N) is 1. The zero-order valence-corrected chi connectivity index (χ0v) is 32.3. The van der Waals surface area contributed by atoms with Crippen LogP contribution in [0.2, 0.25) is 0 Å². The van der Waals surface area contributed by atoms with Gasteiger partial charge in [-0.15, -0.1) is 0 Å². The minimum absolute atomic E-state index is 0.0655. The van der Waals surface area contributed by atoms with Gasteiger partial charge >= 0.3 is 17.9 Å². The summed E-state index contributed by atoms with van der Waals surface area (Å²) in [6, 6.07) is 10.6. The largest absolute Gasteiger partial charge is 0.462 e. The summed E-state index contributed by atoms with van der Waals surface area (Å²) in [5.41, 5.74) is 18.1. The van der Waals surface area contributed by atoms with Crippen molar-refractivity contribution in [2.75, 3.05) is 33.2 Å². The summed E-state index contributed by atoms with van der Waals surface area (Å²) in [6.45, 7) is 10.0. The molecular formula is C42H66N4O6. The average molecular weight is 723 g/mol. The molecule has 5 fully saturated rings. The first kappa shape index (κ1) is 39.2. The Balaban J connectivity index is 1.28. The van der Waals surface area contributed by atoms with Gasteiger partial charge in [-0.25, -0.2) is 0 Å². The second-order valence-corrected chi connectivity index (χ2v) is 17.8. The summed E-state index contributed by atoms with van der Waals surface area (Å²) in [6.07, 6.45) is 9.28. The van der Waals surface area contributed by atoms with Crippen molar-refractivity contribution in [2.45, 2.75) is 129 Å². The van der Waals surface area contributed by atoms with Gasteiger partial charge in [-0.2, -0.15) is 0 Å². The molecule has 2 spiro atoms. The summed E-state index contributed by atoms with van der Waals surface area (Å²) in [4.78, 5) is 41.6. The monoisotopic (exact) mass is 722 g/mol. The third-order valence-corrected chi connectivity index (χ3v) is 15.2. The second-order valence-electron chi connectivity index (χ2n) is 17.8. The quantitative estimate of drug-likeness (QED) is 0.150. The average Bonchev–Trinajstić information content (AvgIpc) is 3.69. The summed E-state index contributed by atoms with van der Waals surface area (Å²) in [7, 11) is 2.20. The van der Waals surface area contributed by atoms with Crippen molar-refractivity contribution in [1.82, 2.24) is 4.90 Å². The van der Waals surface area contributed by atoms with Gasteiger partial charge in [0.05, 0.1) is 19.3 Å². The van der Waals surface area contributed by atoms with Crippen LogP contribution in [0.15, 0.2) is 30.3 Å². The van der Waals surface area contributed by atoms with E-state index < -0.39 is 0 Å². The molecule has 0 radical (unpaired) electrons. The predicted molar refractivity (Wildman–Crippen MR) is 200 cm³/mol. The van der Waals surface area contributed by atoms with Crippen LogP contribution in [0.1, 0.15) is 110 Å². The molecule has 0 saturated heterocycles. The number of fused-ring (bicyclic) bond motifs is 2. The van der Waals surface area contributed by atoms with E-state index in [9.17, 15) is 14.4 Å². The van der Waals surface area contributed by atoms with Crippen LogP contribution in [0.3, 0.4) is 0 Å². The fourth-order valence-corrected chi connectivity index (χ4v) is 12.8. The van der Waals surface area contributed by atoms with Crippen LogP contribution in [0.5, 0.6) is 0 Å². The Morgan fingerprint density at radius 1 is 0.846 bits per heavy atom. The standard InChI is InChI=1S/C42H66N4O6/c1-28(9-8-22-46(4)26-29-10-6-5-7-11-29)32-13-18-41-27-42(41)33(25-34(40(32,41)3)51-37(48)15-20-44)39(2)17-12-31(50-36(47)14-19-43)23-30(39)24-35(42)52-38(49)16-21-45/h5-7,10-11,28,30-35H,8-9,12-27,43-45H2,1-4H3/t28-,30?,31-,32?,33-,34+,35-,39?,40?,41+,42?/m1/s1. The molecule has 0 heterocycles. The molecule has 0 aliphatic heterocycles. The smallest absolute Gasteiger partial charge is 0.307 e. The lowest BCUT2D eigenvalue weighted by Gasteiger charge is -2.64. The highest BCUT2D eigenvalue weighted by atomic mass is 16.6. The maximum absolute atomic E-state index is 13.4. The van der Waals surface area contributed by atoms with Crippen LogP contribution in [0, 0.1) is 45.3 Å². The number of hydrogen-bond acceptors (Lipinski definition) is 10. The lowest BCUT2D eigenvalue weighted by Crippen LogP contribution is -2.63. The van der Waals surface area contributed by atoms with Gasteiger partial charge in [-0.1, -0.05) is 51.1 Å². The summed E-state index contributed by atoms with van der Waals surface area (Å²) in [5.74, 6) is 0.555. The number of esters is 3. The topological polar surface area (TPSA) is 160 Å². The SMILES string of the molecule is C[C@H](CCCN(C)Cc1ccccc1)C1CC[C@@]23CC24[C@H](C[C@H](OC(=O)CCN)C13C)C1(C)CC[C@@H](OC(=O)CCN)CC1C[C@H]4OC(=O)CCN. The maximum atomic E-state index is 13.4. The molecule has 0 amide bonds. The molecule has 6 N–H and O–H groups in total. The highest BCUT2D eigenvalue weighted by molar-refractivity contribution is 5.71.